The van der Waals surface area contributed by atoms with Gasteiger partial charge in [0.1, 0.15) is 6.17 Å². The van der Waals surface area contributed by atoms with Crippen molar-refractivity contribution in [3.05, 3.63) is 47.9 Å². The molecule has 5 rings (SSSR count). The second-order valence-electron chi connectivity index (χ2n) is 7.54. The quantitative estimate of drug-likeness (QED) is 0.486. The summed E-state index contributed by atoms with van der Waals surface area (Å²) in [6, 6.07) is 7.39. The highest BCUT2D eigenvalue weighted by atomic mass is 16.3. The number of benzene rings is 1. The van der Waals surface area contributed by atoms with Gasteiger partial charge in [0.2, 0.25) is 5.71 Å². The number of furan rings is 1. The predicted molar refractivity (Wildman–Crippen MR) is 112 cm³/mol. The number of rotatable bonds is 2. The van der Waals surface area contributed by atoms with Crippen LogP contribution >= 0.6 is 0 Å². The van der Waals surface area contributed by atoms with Gasteiger partial charge in [-0.05, 0) is 52.3 Å². The molecule has 0 spiro atoms. The van der Waals surface area contributed by atoms with Crippen molar-refractivity contribution in [1.82, 2.24) is 15.0 Å². The van der Waals surface area contributed by atoms with Crippen LogP contribution in [-0.4, -0.2) is 27.1 Å². The SMILES string of the molecule is [2H]C(C)(C)N1c2nccnc2N(c2c(C)ccc3c2oc2nc(C)ccc23)[C@H]1C. The van der Waals surface area contributed by atoms with E-state index in [0.717, 1.165) is 39.1 Å². The van der Waals surface area contributed by atoms with Gasteiger partial charge in [0.05, 0.1) is 7.06 Å². The van der Waals surface area contributed by atoms with E-state index in [0.29, 0.717) is 11.5 Å². The van der Waals surface area contributed by atoms with Crippen LogP contribution in [-0.2, 0) is 0 Å². The number of hydrogen-bond acceptors (Lipinski definition) is 6. The second kappa shape index (κ2) is 5.92. The fourth-order valence-electron chi connectivity index (χ4n) is 4.21. The number of anilines is 3. The Balaban J connectivity index is 1.81. The Labute approximate surface area is 165 Å². The number of aromatic nitrogens is 3. The van der Waals surface area contributed by atoms with Crippen LogP contribution < -0.4 is 9.80 Å². The third-order valence-electron chi connectivity index (χ3n) is 5.41. The summed E-state index contributed by atoms with van der Waals surface area (Å²) in [4.78, 5) is 17.9. The molecule has 1 atom stereocenters. The lowest BCUT2D eigenvalue weighted by atomic mass is 10.1. The molecule has 0 radical (unpaired) electrons. The monoisotopic (exact) mass is 374 g/mol. The van der Waals surface area contributed by atoms with Crippen molar-refractivity contribution >= 4 is 39.4 Å². The van der Waals surface area contributed by atoms with Crippen molar-refractivity contribution in [1.29, 1.82) is 0 Å². The molecule has 1 aliphatic heterocycles. The maximum Gasteiger partial charge on any atom is 0.227 e. The van der Waals surface area contributed by atoms with Crippen LogP contribution in [0.3, 0.4) is 0 Å². The second-order valence-corrected chi connectivity index (χ2v) is 7.54. The van der Waals surface area contributed by atoms with E-state index in [9.17, 15) is 0 Å². The van der Waals surface area contributed by atoms with Crippen LogP contribution in [0.4, 0.5) is 17.3 Å². The van der Waals surface area contributed by atoms with Gasteiger partial charge in [-0.2, -0.15) is 0 Å². The van der Waals surface area contributed by atoms with Gasteiger partial charge in [-0.3, -0.25) is 4.90 Å². The Bertz CT molecular complexity index is 1260. The maximum absolute atomic E-state index is 8.67. The summed E-state index contributed by atoms with van der Waals surface area (Å²) in [6.07, 6.45) is 3.22. The number of pyridine rings is 1. The highest BCUT2D eigenvalue weighted by Crippen LogP contribution is 2.46. The molecule has 28 heavy (non-hydrogen) atoms. The first-order valence-corrected chi connectivity index (χ1v) is 9.46. The Morgan fingerprint density at radius 1 is 1.04 bits per heavy atom. The van der Waals surface area contributed by atoms with E-state index >= 15 is 0 Å². The Hall–Kier alpha value is -3.15. The van der Waals surface area contributed by atoms with E-state index in [1.165, 1.54) is 0 Å². The molecule has 6 heteroatoms. The smallest absolute Gasteiger partial charge is 0.227 e. The molecule has 3 aromatic heterocycles. The third kappa shape index (κ3) is 2.24. The van der Waals surface area contributed by atoms with E-state index < -0.39 is 6.02 Å². The lowest BCUT2D eigenvalue weighted by Gasteiger charge is -2.32. The molecule has 0 saturated carbocycles. The molecule has 0 fully saturated rings. The standard InChI is InChI=1S/C22H23N5O/c1-12(2)26-15(5)27(21-20(26)23-10-11-24-21)18-13(3)6-8-16-17-9-7-14(4)25-22(17)28-19(16)18/h6-12,15H,1-5H3/t15-/m0/s1/i12D. The Morgan fingerprint density at radius 3 is 2.50 bits per heavy atom. The summed E-state index contributed by atoms with van der Waals surface area (Å²) in [5.41, 5.74) is 4.35. The van der Waals surface area contributed by atoms with Crippen LogP contribution in [0.1, 0.15) is 33.4 Å². The fourth-order valence-corrected chi connectivity index (χ4v) is 4.21. The first-order valence-electron chi connectivity index (χ1n) is 9.96. The van der Waals surface area contributed by atoms with Gasteiger partial charge >= 0.3 is 0 Å². The lowest BCUT2D eigenvalue weighted by Crippen LogP contribution is -2.42. The third-order valence-corrected chi connectivity index (χ3v) is 5.41. The summed E-state index contributed by atoms with van der Waals surface area (Å²) >= 11 is 0. The van der Waals surface area contributed by atoms with Crippen molar-refractivity contribution in [2.45, 2.75) is 46.8 Å². The zero-order valence-corrected chi connectivity index (χ0v) is 16.7. The van der Waals surface area contributed by atoms with Crippen molar-refractivity contribution in [3.63, 3.8) is 0 Å². The van der Waals surface area contributed by atoms with Gasteiger partial charge in [-0.1, -0.05) is 12.1 Å². The number of nitrogens with zero attached hydrogens (tertiary/aromatic N) is 5. The summed E-state index contributed by atoms with van der Waals surface area (Å²) in [5.74, 6) is 1.45. The Kier molecular flexibility index (Phi) is 3.36. The van der Waals surface area contributed by atoms with Gasteiger partial charge in [0, 0.05) is 34.9 Å². The minimum absolute atomic E-state index is 0.146. The molecular formula is C22H23N5O. The van der Waals surface area contributed by atoms with E-state index in [-0.39, 0.29) is 6.17 Å². The number of fused-ring (bicyclic) bond motifs is 4. The minimum Gasteiger partial charge on any atom is -0.435 e. The average molecular weight is 374 g/mol. The number of hydrogen-bond donors (Lipinski definition) is 0. The molecule has 4 heterocycles. The average Bonchev–Trinajstić information content (AvgIpc) is 3.15. The normalized spacial score (nSPS) is 17.5. The van der Waals surface area contributed by atoms with Crippen molar-refractivity contribution in [2.24, 2.45) is 0 Å². The summed E-state index contributed by atoms with van der Waals surface area (Å²) in [7, 11) is 0. The van der Waals surface area contributed by atoms with Gasteiger partial charge < -0.3 is 9.32 Å². The highest BCUT2D eigenvalue weighted by Gasteiger charge is 2.39. The topological polar surface area (TPSA) is 58.3 Å². The molecule has 4 aromatic rings. The minimum atomic E-state index is -0.854. The van der Waals surface area contributed by atoms with Crippen LogP contribution in [0.5, 0.6) is 0 Å². The summed E-state index contributed by atoms with van der Waals surface area (Å²) < 4.78 is 14.9. The van der Waals surface area contributed by atoms with Crippen LogP contribution in [0.25, 0.3) is 22.1 Å². The van der Waals surface area contributed by atoms with Crippen molar-refractivity contribution < 1.29 is 5.79 Å². The first-order chi connectivity index (χ1) is 13.8. The first kappa shape index (κ1) is 15.9. The summed E-state index contributed by atoms with van der Waals surface area (Å²) in [6.45, 7) is 9.84. The van der Waals surface area contributed by atoms with Gasteiger partial charge in [0.25, 0.3) is 0 Å². The molecular weight excluding hydrogens is 350 g/mol. The molecule has 0 saturated heterocycles. The lowest BCUT2D eigenvalue weighted by molar-refractivity contribution is 0.597. The van der Waals surface area contributed by atoms with E-state index in [4.69, 9.17) is 5.79 Å². The molecule has 0 N–H and O–H groups in total. The molecule has 0 aliphatic carbocycles. The molecule has 0 bridgehead atoms. The fraction of sp³-hybridized carbons (Fsp3) is 0.318. The molecule has 142 valence electrons. The largest absolute Gasteiger partial charge is 0.435 e. The van der Waals surface area contributed by atoms with E-state index in [1.807, 2.05) is 31.7 Å². The molecule has 6 nitrogen and oxygen atoms in total. The van der Waals surface area contributed by atoms with E-state index in [2.05, 4.69) is 51.9 Å². The Morgan fingerprint density at radius 2 is 1.75 bits per heavy atom. The van der Waals surface area contributed by atoms with Crippen molar-refractivity contribution in [2.75, 3.05) is 9.80 Å². The summed E-state index contributed by atoms with van der Waals surface area (Å²) in [5, 5.41) is 2.02. The van der Waals surface area contributed by atoms with Crippen LogP contribution in [0.15, 0.2) is 41.1 Å². The van der Waals surface area contributed by atoms with E-state index in [1.54, 1.807) is 12.4 Å². The predicted octanol–water partition coefficient (Wildman–Crippen LogP) is 5.10. The van der Waals surface area contributed by atoms with Gasteiger partial charge in [-0.25, -0.2) is 15.0 Å². The van der Waals surface area contributed by atoms with Crippen molar-refractivity contribution in [3.8, 4) is 0 Å². The maximum atomic E-state index is 8.67. The van der Waals surface area contributed by atoms with Gasteiger partial charge in [-0.15, -0.1) is 0 Å². The molecule has 0 unspecified atom stereocenters. The molecule has 1 aromatic carbocycles. The van der Waals surface area contributed by atoms with Gasteiger partial charge in [0.15, 0.2) is 17.2 Å². The van der Waals surface area contributed by atoms with Crippen LogP contribution in [0, 0.1) is 13.8 Å². The van der Waals surface area contributed by atoms with Crippen LogP contribution in [0.2, 0.25) is 0 Å². The zero-order chi connectivity index (χ0) is 20.5. The zero-order valence-electron chi connectivity index (χ0n) is 17.7. The highest BCUT2D eigenvalue weighted by molar-refractivity contribution is 6.09. The molecule has 1 aliphatic rings. The number of aryl methyl sites for hydroxylation is 2. The molecule has 0 amide bonds.